The SMILES string of the molecule is CC(C)NCC1CCC1Cc1cnn(C)c1. The number of aryl methyl sites for hydroxylation is 1. The van der Waals surface area contributed by atoms with E-state index in [0.29, 0.717) is 6.04 Å². The van der Waals surface area contributed by atoms with Gasteiger partial charge < -0.3 is 5.32 Å². The number of hydrogen-bond donors (Lipinski definition) is 1. The molecule has 0 aromatic carbocycles. The third-order valence-electron chi connectivity index (χ3n) is 3.62. The van der Waals surface area contributed by atoms with Gasteiger partial charge in [0.1, 0.15) is 0 Å². The van der Waals surface area contributed by atoms with Gasteiger partial charge in [0.2, 0.25) is 0 Å². The third kappa shape index (κ3) is 2.85. The average Bonchev–Trinajstić information content (AvgIpc) is 2.59. The Morgan fingerprint density at radius 3 is 2.69 bits per heavy atom. The molecule has 0 aliphatic heterocycles. The molecule has 0 radical (unpaired) electrons. The van der Waals surface area contributed by atoms with E-state index in [2.05, 4.69) is 30.5 Å². The largest absolute Gasteiger partial charge is 0.314 e. The van der Waals surface area contributed by atoms with E-state index < -0.39 is 0 Å². The first-order chi connectivity index (χ1) is 7.65. The van der Waals surface area contributed by atoms with Gasteiger partial charge in [0, 0.05) is 19.3 Å². The Morgan fingerprint density at radius 2 is 2.19 bits per heavy atom. The molecule has 0 spiro atoms. The van der Waals surface area contributed by atoms with E-state index in [1.54, 1.807) is 0 Å². The molecule has 0 saturated heterocycles. The first kappa shape index (κ1) is 11.6. The van der Waals surface area contributed by atoms with Crippen molar-refractivity contribution >= 4 is 0 Å². The van der Waals surface area contributed by atoms with Crippen LogP contribution in [0.2, 0.25) is 0 Å². The third-order valence-corrected chi connectivity index (χ3v) is 3.62. The van der Waals surface area contributed by atoms with Gasteiger partial charge >= 0.3 is 0 Å². The van der Waals surface area contributed by atoms with E-state index >= 15 is 0 Å². The van der Waals surface area contributed by atoms with E-state index in [-0.39, 0.29) is 0 Å². The van der Waals surface area contributed by atoms with Gasteiger partial charge in [-0.2, -0.15) is 5.10 Å². The second-order valence-electron chi connectivity index (χ2n) is 5.39. The van der Waals surface area contributed by atoms with Crippen LogP contribution in [-0.2, 0) is 13.5 Å². The molecule has 90 valence electrons. The van der Waals surface area contributed by atoms with Gasteiger partial charge in [0.25, 0.3) is 0 Å². The summed E-state index contributed by atoms with van der Waals surface area (Å²) < 4.78 is 1.90. The molecule has 1 heterocycles. The highest BCUT2D eigenvalue weighted by Crippen LogP contribution is 2.36. The lowest BCUT2D eigenvalue weighted by molar-refractivity contribution is 0.168. The van der Waals surface area contributed by atoms with Crippen LogP contribution in [0.3, 0.4) is 0 Å². The van der Waals surface area contributed by atoms with Crippen molar-refractivity contribution in [3.8, 4) is 0 Å². The summed E-state index contributed by atoms with van der Waals surface area (Å²) in [6, 6.07) is 0.611. The van der Waals surface area contributed by atoms with Crippen LogP contribution in [-0.4, -0.2) is 22.4 Å². The predicted octanol–water partition coefficient (Wildman–Crippen LogP) is 1.99. The van der Waals surface area contributed by atoms with Crippen LogP contribution in [0.25, 0.3) is 0 Å². The molecule has 1 aromatic rings. The molecule has 2 unspecified atom stereocenters. The fraction of sp³-hybridized carbons (Fsp3) is 0.769. The van der Waals surface area contributed by atoms with Crippen molar-refractivity contribution < 1.29 is 0 Å². The molecule has 3 heteroatoms. The Balaban J connectivity index is 1.78. The van der Waals surface area contributed by atoms with Crippen molar-refractivity contribution in [2.45, 2.75) is 39.2 Å². The summed E-state index contributed by atoms with van der Waals surface area (Å²) in [6.07, 6.45) is 8.14. The molecule has 16 heavy (non-hydrogen) atoms. The van der Waals surface area contributed by atoms with Gasteiger partial charge in [0.05, 0.1) is 6.20 Å². The van der Waals surface area contributed by atoms with Crippen molar-refractivity contribution in [3.63, 3.8) is 0 Å². The van der Waals surface area contributed by atoms with E-state index in [1.807, 2.05) is 17.9 Å². The highest BCUT2D eigenvalue weighted by molar-refractivity contribution is 5.06. The van der Waals surface area contributed by atoms with Crippen molar-refractivity contribution in [3.05, 3.63) is 18.0 Å². The Labute approximate surface area is 98.2 Å². The van der Waals surface area contributed by atoms with Crippen LogP contribution in [0.4, 0.5) is 0 Å². The first-order valence-electron chi connectivity index (χ1n) is 6.36. The van der Waals surface area contributed by atoms with Crippen molar-refractivity contribution in [1.82, 2.24) is 15.1 Å². The van der Waals surface area contributed by atoms with Gasteiger partial charge in [-0.05, 0) is 43.2 Å². The number of rotatable bonds is 5. The molecule has 1 aromatic heterocycles. The first-order valence-corrected chi connectivity index (χ1v) is 6.36. The maximum absolute atomic E-state index is 4.23. The number of aromatic nitrogens is 2. The molecule has 1 aliphatic carbocycles. The second-order valence-corrected chi connectivity index (χ2v) is 5.39. The standard InChI is InChI=1S/C13H23N3/c1-10(2)14-8-13-5-4-12(13)6-11-7-15-16(3)9-11/h7,9-10,12-14H,4-6,8H2,1-3H3. The molecule has 0 amide bonds. The lowest BCUT2D eigenvalue weighted by Crippen LogP contribution is -2.38. The summed E-state index contributed by atoms with van der Waals surface area (Å²) in [4.78, 5) is 0. The zero-order chi connectivity index (χ0) is 11.5. The Kier molecular flexibility index (Phi) is 3.64. The zero-order valence-electron chi connectivity index (χ0n) is 10.6. The predicted molar refractivity (Wildman–Crippen MR) is 66.3 cm³/mol. The fourth-order valence-electron chi connectivity index (χ4n) is 2.44. The minimum Gasteiger partial charge on any atom is -0.314 e. The highest BCUT2D eigenvalue weighted by atomic mass is 15.2. The molecular weight excluding hydrogens is 198 g/mol. The smallest absolute Gasteiger partial charge is 0.0521 e. The summed E-state index contributed by atoms with van der Waals surface area (Å²) in [6.45, 7) is 5.62. The molecule has 1 fully saturated rings. The normalized spacial score (nSPS) is 24.8. The number of nitrogens with one attached hydrogen (secondary N) is 1. The van der Waals surface area contributed by atoms with Crippen LogP contribution in [0.5, 0.6) is 0 Å². The van der Waals surface area contributed by atoms with Gasteiger partial charge in [0.15, 0.2) is 0 Å². The molecule has 0 bridgehead atoms. The van der Waals surface area contributed by atoms with E-state index in [0.717, 1.165) is 11.8 Å². The summed E-state index contributed by atoms with van der Waals surface area (Å²) in [5, 5.41) is 7.78. The van der Waals surface area contributed by atoms with E-state index in [1.165, 1.54) is 31.4 Å². The van der Waals surface area contributed by atoms with Gasteiger partial charge in [-0.1, -0.05) is 13.8 Å². The van der Waals surface area contributed by atoms with E-state index in [4.69, 9.17) is 0 Å². The lowest BCUT2D eigenvalue weighted by Gasteiger charge is -2.37. The lowest BCUT2D eigenvalue weighted by atomic mass is 9.71. The fourth-order valence-corrected chi connectivity index (χ4v) is 2.44. The van der Waals surface area contributed by atoms with Crippen molar-refractivity contribution in [2.24, 2.45) is 18.9 Å². The Hall–Kier alpha value is -0.830. The summed E-state index contributed by atoms with van der Waals surface area (Å²) in [5.74, 6) is 1.75. The topological polar surface area (TPSA) is 29.9 Å². The van der Waals surface area contributed by atoms with Crippen LogP contribution in [0.1, 0.15) is 32.3 Å². The Bertz CT molecular complexity index is 330. The average molecular weight is 221 g/mol. The molecule has 3 nitrogen and oxygen atoms in total. The van der Waals surface area contributed by atoms with Crippen LogP contribution in [0, 0.1) is 11.8 Å². The minimum atomic E-state index is 0.611. The van der Waals surface area contributed by atoms with Crippen molar-refractivity contribution in [1.29, 1.82) is 0 Å². The van der Waals surface area contributed by atoms with E-state index in [9.17, 15) is 0 Å². The van der Waals surface area contributed by atoms with Crippen molar-refractivity contribution in [2.75, 3.05) is 6.54 Å². The van der Waals surface area contributed by atoms with Gasteiger partial charge in [-0.3, -0.25) is 4.68 Å². The van der Waals surface area contributed by atoms with Crippen LogP contribution >= 0.6 is 0 Å². The zero-order valence-corrected chi connectivity index (χ0v) is 10.6. The monoisotopic (exact) mass is 221 g/mol. The van der Waals surface area contributed by atoms with Crippen LogP contribution < -0.4 is 5.32 Å². The van der Waals surface area contributed by atoms with Crippen LogP contribution in [0.15, 0.2) is 12.4 Å². The van der Waals surface area contributed by atoms with Gasteiger partial charge in [-0.25, -0.2) is 0 Å². The highest BCUT2D eigenvalue weighted by Gasteiger charge is 2.30. The quantitative estimate of drug-likeness (QED) is 0.824. The maximum Gasteiger partial charge on any atom is 0.0521 e. The molecule has 1 saturated carbocycles. The number of hydrogen-bond acceptors (Lipinski definition) is 2. The summed E-state index contributed by atoms with van der Waals surface area (Å²) in [7, 11) is 1.99. The Morgan fingerprint density at radius 1 is 1.44 bits per heavy atom. The summed E-state index contributed by atoms with van der Waals surface area (Å²) in [5.41, 5.74) is 1.39. The van der Waals surface area contributed by atoms with Gasteiger partial charge in [-0.15, -0.1) is 0 Å². The molecule has 1 aliphatic rings. The minimum absolute atomic E-state index is 0.611. The molecular formula is C13H23N3. The second kappa shape index (κ2) is 5.00. The molecule has 2 atom stereocenters. The summed E-state index contributed by atoms with van der Waals surface area (Å²) >= 11 is 0. The maximum atomic E-state index is 4.23. The number of nitrogens with zero attached hydrogens (tertiary/aromatic N) is 2. The molecule has 2 rings (SSSR count). The molecule has 1 N–H and O–H groups in total.